The zero-order valence-electron chi connectivity index (χ0n) is 14.7. The quantitative estimate of drug-likeness (QED) is 0.866. The Kier molecular flexibility index (Phi) is 5.27. The fourth-order valence-electron chi connectivity index (χ4n) is 3.44. The monoisotopic (exact) mass is 376 g/mol. The number of likely N-dealkylation sites (tertiary alicyclic amines) is 1. The molecule has 3 rings (SSSR count). The summed E-state index contributed by atoms with van der Waals surface area (Å²) in [6.07, 6.45) is 1.90. The maximum atomic E-state index is 13.0. The highest BCUT2D eigenvalue weighted by atomic mass is 35.5. The van der Waals surface area contributed by atoms with Crippen molar-refractivity contribution in [1.82, 2.24) is 19.9 Å². The molecule has 1 fully saturated rings. The zero-order chi connectivity index (χ0) is 18.8. The maximum absolute atomic E-state index is 13.0. The average molecular weight is 377 g/mol. The van der Waals surface area contributed by atoms with Crippen LogP contribution in [-0.4, -0.2) is 49.5 Å². The molecule has 7 nitrogen and oxygen atoms in total. The van der Waals surface area contributed by atoms with Crippen molar-refractivity contribution in [3.05, 3.63) is 40.7 Å². The molecule has 2 aromatic rings. The van der Waals surface area contributed by atoms with E-state index >= 15 is 0 Å². The van der Waals surface area contributed by atoms with Gasteiger partial charge in [-0.25, -0.2) is 4.68 Å². The van der Waals surface area contributed by atoms with Crippen LogP contribution in [0, 0.1) is 5.92 Å². The summed E-state index contributed by atoms with van der Waals surface area (Å²) >= 11 is 6.07. The fraction of sp³-hybridized carbons (Fsp3) is 0.444. The lowest BCUT2D eigenvalue weighted by atomic mass is 10.0. The Bertz CT molecular complexity index is 836. The third-order valence-electron chi connectivity index (χ3n) is 4.84. The zero-order valence-corrected chi connectivity index (χ0v) is 15.5. The smallest absolute Gasteiger partial charge is 0.308 e. The van der Waals surface area contributed by atoms with Crippen molar-refractivity contribution >= 4 is 23.5 Å². The van der Waals surface area contributed by atoms with Gasteiger partial charge in [0.1, 0.15) is 0 Å². The molecular weight excluding hydrogens is 356 g/mol. The third-order valence-corrected chi connectivity index (χ3v) is 5.07. The molecule has 0 bridgehead atoms. The molecule has 138 valence electrons. The molecule has 1 aliphatic heterocycles. The molecule has 8 heteroatoms. The van der Waals surface area contributed by atoms with Gasteiger partial charge in [-0.1, -0.05) is 36.2 Å². The van der Waals surface area contributed by atoms with E-state index in [1.54, 1.807) is 28.6 Å². The number of halogens is 1. The standard InChI is InChI=1S/C18H21ClN4O3/c1-3-5-15-16(17(24)22-9-8-14(11(22)2)18(25)26)20-21-23(15)13-7-4-6-12(19)10-13/h4,6-7,10-11,14H,3,5,8-9H2,1-2H3,(H,25,26). The van der Waals surface area contributed by atoms with Crippen LogP contribution in [0.3, 0.4) is 0 Å². The molecule has 26 heavy (non-hydrogen) atoms. The summed E-state index contributed by atoms with van der Waals surface area (Å²) in [7, 11) is 0. The lowest BCUT2D eigenvalue weighted by molar-refractivity contribution is -0.142. The molecule has 1 aromatic carbocycles. The summed E-state index contributed by atoms with van der Waals surface area (Å²) in [6, 6.07) is 6.84. The average Bonchev–Trinajstić information content (AvgIpc) is 3.18. The second-order valence-corrected chi connectivity index (χ2v) is 6.94. The summed E-state index contributed by atoms with van der Waals surface area (Å²) in [5, 5.41) is 18.1. The van der Waals surface area contributed by atoms with Gasteiger partial charge in [-0.3, -0.25) is 9.59 Å². The number of aliphatic carboxylic acids is 1. The summed E-state index contributed by atoms with van der Waals surface area (Å²) in [6.45, 7) is 4.19. The highest BCUT2D eigenvalue weighted by molar-refractivity contribution is 6.30. The SMILES string of the molecule is CCCc1c(C(=O)N2CCC(C(=O)O)C2C)nnn1-c1cccc(Cl)c1. The van der Waals surface area contributed by atoms with Gasteiger partial charge in [-0.15, -0.1) is 5.10 Å². The van der Waals surface area contributed by atoms with Gasteiger partial charge in [0.05, 0.1) is 17.3 Å². The van der Waals surface area contributed by atoms with Crippen molar-refractivity contribution < 1.29 is 14.7 Å². The molecule has 1 aromatic heterocycles. The number of amides is 1. The van der Waals surface area contributed by atoms with Crippen molar-refractivity contribution in [2.45, 2.75) is 39.2 Å². The van der Waals surface area contributed by atoms with Crippen LogP contribution in [0.2, 0.25) is 5.02 Å². The number of hydrogen-bond donors (Lipinski definition) is 1. The van der Waals surface area contributed by atoms with E-state index in [9.17, 15) is 14.7 Å². The van der Waals surface area contributed by atoms with Crippen LogP contribution in [-0.2, 0) is 11.2 Å². The molecule has 0 saturated carbocycles. The van der Waals surface area contributed by atoms with E-state index in [1.165, 1.54) is 0 Å². The second kappa shape index (κ2) is 7.45. The van der Waals surface area contributed by atoms with Gasteiger partial charge in [-0.05, 0) is 38.0 Å². The first-order chi connectivity index (χ1) is 12.4. The van der Waals surface area contributed by atoms with Crippen molar-refractivity contribution in [3.8, 4) is 5.69 Å². The topological polar surface area (TPSA) is 88.3 Å². The number of nitrogens with zero attached hydrogens (tertiary/aromatic N) is 4. The van der Waals surface area contributed by atoms with Gasteiger partial charge in [-0.2, -0.15) is 0 Å². The molecule has 0 spiro atoms. The van der Waals surface area contributed by atoms with Crippen LogP contribution in [0.25, 0.3) is 5.69 Å². The first kappa shape index (κ1) is 18.4. The van der Waals surface area contributed by atoms with Gasteiger partial charge in [0, 0.05) is 17.6 Å². The molecular formula is C18H21ClN4O3. The first-order valence-electron chi connectivity index (χ1n) is 8.68. The molecule has 1 aliphatic rings. The fourth-order valence-corrected chi connectivity index (χ4v) is 3.62. The number of carbonyl (C=O) groups excluding carboxylic acids is 1. The number of aromatic nitrogens is 3. The van der Waals surface area contributed by atoms with E-state index in [4.69, 9.17) is 11.6 Å². The largest absolute Gasteiger partial charge is 0.481 e. The van der Waals surface area contributed by atoms with Crippen LogP contribution >= 0.6 is 11.6 Å². The van der Waals surface area contributed by atoms with Gasteiger partial charge in [0.15, 0.2) is 5.69 Å². The van der Waals surface area contributed by atoms with Crippen molar-refractivity contribution in [1.29, 1.82) is 0 Å². The molecule has 2 unspecified atom stereocenters. The Balaban J connectivity index is 1.95. The summed E-state index contributed by atoms with van der Waals surface area (Å²) < 4.78 is 1.64. The van der Waals surface area contributed by atoms with E-state index in [0.29, 0.717) is 30.1 Å². The van der Waals surface area contributed by atoms with E-state index < -0.39 is 11.9 Å². The van der Waals surface area contributed by atoms with E-state index in [-0.39, 0.29) is 17.6 Å². The minimum Gasteiger partial charge on any atom is -0.481 e. The summed E-state index contributed by atoms with van der Waals surface area (Å²) in [5.41, 5.74) is 1.74. The predicted octanol–water partition coefficient (Wildman–Crippen LogP) is 2.81. The Morgan fingerprint density at radius 2 is 2.15 bits per heavy atom. The Hall–Kier alpha value is -2.41. The molecule has 2 atom stereocenters. The molecule has 1 N–H and O–H groups in total. The van der Waals surface area contributed by atoms with Crippen molar-refractivity contribution in [3.63, 3.8) is 0 Å². The van der Waals surface area contributed by atoms with Gasteiger partial charge in [0.25, 0.3) is 5.91 Å². The van der Waals surface area contributed by atoms with Crippen molar-refractivity contribution in [2.24, 2.45) is 5.92 Å². The van der Waals surface area contributed by atoms with Gasteiger partial charge < -0.3 is 10.0 Å². The Morgan fingerprint density at radius 3 is 2.77 bits per heavy atom. The highest BCUT2D eigenvalue weighted by Crippen LogP contribution is 2.27. The van der Waals surface area contributed by atoms with Gasteiger partial charge in [0.2, 0.25) is 0 Å². The van der Waals surface area contributed by atoms with Crippen LogP contribution < -0.4 is 0 Å². The number of benzene rings is 1. The predicted molar refractivity (Wildman–Crippen MR) is 96.6 cm³/mol. The van der Waals surface area contributed by atoms with Crippen LogP contribution in [0.4, 0.5) is 0 Å². The number of carboxylic acid groups (broad SMARTS) is 1. The maximum Gasteiger partial charge on any atom is 0.308 e. The molecule has 2 heterocycles. The lowest BCUT2D eigenvalue weighted by Gasteiger charge is -2.22. The van der Waals surface area contributed by atoms with E-state index in [1.807, 2.05) is 19.1 Å². The van der Waals surface area contributed by atoms with Crippen LogP contribution in [0.15, 0.2) is 24.3 Å². The van der Waals surface area contributed by atoms with E-state index in [2.05, 4.69) is 10.3 Å². The van der Waals surface area contributed by atoms with Gasteiger partial charge >= 0.3 is 5.97 Å². The Labute approximate surface area is 156 Å². The molecule has 0 radical (unpaired) electrons. The highest BCUT2D eigenvalue weighted by Gasteiger charge is 2.40. The third kappa shape index (κ3) is 3.31. The molecule has 0 aliphatic carbocycles. The minimum atomic E-state index is -0.871. The second-order valence-electron chi connectivity index (χ2n) is 6.50. The minimum absolute atomic E-state index is 0.266. The normalized spacial score (nSPS) is 19.7. The van der Waals surface area contributed by atoms with Crippen molar-refractivity contribution in [2.75, 3.05) is 6.54 Å². The number of carbonyl (C=O) groups is 2. The number of hydrogen-bond acceptors (Lipinski definition) is 4. The molecule has 1 saturated heterocycles. The van der Waals surface area contributed by atoms with Crippen LogP contribution in [0.1, 0.15) is 42.9 Å². The lowest BCUT2D eigenvalue weighted by Crippen LogP contribution is -2.38. The molecule has 1 amide bonds. The summed E-state index contributed by atoms with van der Waals surface area (Å²) in [4.78, 5) is 25.9. The Morgan fingerprint density at radius 1 is 1.38 bits per heavy atom. The first-order valence-corrected chi connectivity index (χ1v) is 9.06. The number of carboxylic acids is 1. The van der Waals surface area contributed by atoms with Crippen LogP contribution in [0.5, 0.6) is 0 Å². The summed E-state index contributed by atoms with van der Waals surface area (Å²) in [5.74, 6) is -1.68. The van der Waals surface area contributed by atoms with E-state index in [0.717, 1.165) is 12.1 Å². The number of rotatable bonds is 5.